The van der Waals surface area contributed by atoms with Crippen LogP contribution >= 0.6 is 0 Å². The van der Waals surface area contributed by atoms with Crippen LogP contribution in [0, 0.1) is 5.82 Å². The van der Waals surface area contributed by atoms with Gasteiger partial charge >= 0.3 is 0 Å². The Morgan fingerprint density at radius 2 is 2.00 bits per heavy atom. The molecule has 4 heteroatoms. The molecule has 76 valence electrons. The molecule has 1 aromatic rings. The van der Waals surface area contributed by atoms with Crippen molar-refractivity contribution in [2.24, 2.45) is 5.73 Å². The molecule has 0 bridgehead atoms. The SMILES string of the molecule is NCCCC(=O)Nc1ccc(F)cc1. The highest BCUT2D eigenvalue weighted by atomic mass is 19.1. The summed E-state index contributed by atoms with van der Waals surface area (Å²) in [6, 6.07) is 5.66. The van der Waals surface area contributed by atoms with Crippen molar-refractivity contribution >= 4 is 11.6 Å². The van der Waals surface area contributed by atoms with E-state index < -0.39 is 0 Å². The van der Waals surface area contributed by atoms with Gasteiger partial charge in [0.15, 0.2) is 0 Å². The van der Waals surface area contributed by atoms with Crippen LogP contribution in [0.5, 0.6) is 0 Å². The van der Waals surface area contributed by atoms with Crippen LogP contribution < -0.4 is 11.1 Å². The minimum absolute atomic E-state index is 0.0953. The lowest BCUT2D eigenvalue weighted by atomic mass is 10.2. The minimum atomic E-state index is -0.315. The minimum Gasteiger partial charge on any atom is -0.330 e. The molecule has 0 aromatic heterocycles. The largest absolute Gasteiger partial charge is 0.330 e. The van der Waals surface area contributed by atoms with Gasteiger partial charge in [-0.3, -0.25) is 4.79 Å². The van der Waals surface area contributed by atoms with Gasteiger partial charge in [-0.2, -0.15) is 0 Å². The predicted molar refractivity (Wildman–Crippen MR) is 53.3 cm³/mol. The molecule has 0 aliphatic carbocycles. The van der Waals surface area contributed by atoms with Crippen molar-refractivity contribution in [3.8, 4) is 0 Å². The highest BCUT2D eigenvalue weighted by Gasteiger charge is 2.00. The van der Waals surface area contributed by atoms with Gasteiger partial charge in [-0.15, -0.1) is 0 Å². The lowest BCUT2D eigenvalue weighted by Gasteiger charge is -2.03. The van der Waals surface area contributed by atoms with Gasteiger partial charge in [0.05, 0.1) is 0 Å². The Morgan fingerprint density at radius 1 is 1.36 bits per heavy atom. The maximum Gasteiger partial charge on any atom is 0.224 e. The molecule has 0 saturated heterocycles. The number of nitrogens with one attached hydrogen (secondary N) is 1. The maximum atomic E-state index is 12.5. The van der Waals surface area contributed by atoms with E-state index in [-0.39, 0.29) is 11.7 Å². The molecule has 14 heavy (non-hydrogen) atoms. The number of amides is 1. The van der Waals surface area contributed by atoms with Gasteiger partial charge in [0.1, 0.15) is 5.82 Å². The van der Waals surface area contributed by atoms with E-state index in [9.17, 15) is 9.18 Å². The number of carbonyl (C=O) groups excluding carboxylic acids is 1. The van der Waals surface area contributed by atoms with E-state index in [1.54, 1.807) is 0 Å². The molecular weight excluding hydrogens is 183 g/mol. The second-order valence-corrected chi connectivity index (χ2v) is 2.95. The van der Waals surface area contributed by atoms with Crippen molar-refractivity contribution in [2.75, 3.05) is 11.9 Å². The highest BCUT2D eigenvalue weighted by Crippen LogP contribution is 2.08. The van der Waals surface area contributed by atoms with E-state index in [1.807, 2.05) is 0 Å². The predicted octanol–water partition coefficient (Wildman–Crippen LogP) is 1.50. The standard InChI is InChI=1S/C10H13FN2O/c11-8-3-5-9(6-4-8)13-10(14)2-1-7-12/h3-6H,1-2,7,12H2,(H,13,14). The first kappa shape index (κ1) is 10.7. The van der Waals surface area contributed by atoms with Crippen LogP contribution in [0.2, 0.25) is 0 Å². The number of carbonyl (C=O) groups is 1. The van der Waals surface area contributed by atoms with Gasteiger partial charge in [-0.05, 0) is 37.2 Å². The number of hydrogen-bond acceptors (Lipinski definition) is 2. The Morgan fingerprint density at radius 3 is 2.57 bits per heavy atom. The summed E-state index contributed by atoms with van der Waals surface area (Å²) in [5, 5.41) is 2.64. The van der Waals surface area contributed by atoms with Crippen LogP contribution in [-0.2, 0) is 4.79 Å². The van der Waals surface area contributed by atoms with E-state index in [2.05, 4.69) is 5.32 Å². The van der Waals surface area contributed by atoms with E-state index in [0.29, 0.717) is 25.1 Å². The van der Waals surface area contributed by atoms with Gasteiger partial charge in [0.2, 0.25) is 5.91 Å². The zero-order valence-electron chi connectivity index (χ0n) is 7.79. The fourth-order valence-electron chi connectivity index (χ4n) is 1.02. The Hall–Kier alpha value is -1.42. The molecule has 0 unspecified atom stereocenters. The van der Waals surface area contributed by atoms with Crippen LogP contribution in [0.15, 0.2) is 24.3 Å². The van der Waals surface area contributed by atoms with Crippen molar-refractivity contribution in [1.82, 2.24) is 0 Å². The topological polar surface area (TPSA) is 55.1 Å². The van der Waals surface area contributed by atoms with Crippen molar-refractivity contribution in [3.63, 3.8) is 0 Å². The molecule has 0 saturated carbocycles. The first-order valence-corrected chi connectivity index (χ1v) is 4.48. The first-order chi connectivity index (χ1) is 6.72. The molecule has 1 aromatic carbocycles. The van der Waals surface area contributed by atoms with Crippen LogP contribution in [-0.4, -0.2) is 12.5 Å². The Bertz CT molecular complexity index is 297. The summed E-state index contributed by atoms with van der Waals surface area (Å²) >= 11 is 0. The third-order valence-corrected chi connectivity index (χ3v) is 1.74. The summed E-state index contributed by atoms with van der Waals surface area (Å²) in [5.74, 6) is -0.410. The fraction of sp³-hybridized carbons (Fsp3) is 0.300. The monoisotopic (exact) mass is 196 g/mol. The number of benzene rings is 1. The Kier molecular flexibility index (Phi) is 4.07. The van der Waals surface area contributed by atoms with Gasteiger partial charge in [-0.25, -0.2) is 4.39 Å². The number of rotatable bonds is 4. The molecule has 0 heterocycles. The Balaban J connectivity index is 2.44. The highest BCUT2D eigenvalue weighted by molar-refractivity contribution is 5.90. The van der Waals surface area contributed by atoms with Gasteiger partial charge < -0.3 is 11.1 Å². The number of halogens is 1. The molecule has 3 nitrogen and oxygen atoms in total. The molecule has 3 N–H and O–H groups in total. The molecule has 0 atom stereocenters. The lowest BCUT2D eigenvalue weighted by molar-refractivity contribution is -0.116. The summed E-state index contributed by atoms with van der Waals surface area (Å²) in [6.07, 6.45) is 1.06. The Labute approximate surface area is 82.1 Å². The summed E-state index contributed by atoms with van der Waals surface area (Å²) in [7, 11) is 0. The second-order valence-electron chi connectivity index (χ2n) is 2.95. The normalized spacial score (nSPS) is 9.86. The van der Waals surface area contributed by atoms with Crippen molar-refractivity contribution in [3.05, 3.63) is 30.1 Å². The molecule has 1 amide bonds. The summed E-state index contributed by atoms with van der Waals surface area (Å²) in [4.78, 5) is 11.2. The van der Waals surface area contributed by atoms with Gasteiger partial charge in [-0.1, -0.05) is 0 Å². The zero-order valence-corrected chi connectivity index (χ0v) is 7.79. The fourth-order valence-corrected chi connectivity index (χ4v) is 1.02. The molecule has 1 rings (SSSR count). The van der Waals surface area contributed by atoms with Crippen LogP contribution in [0.3, 0.4) is 0 Å². The average Bonchev–Trinajstić information content (AvgIpc) is 2.18. The number of nitrogens with two attached hydrogens (primary N) is 1. The van der Waals surface area contributed by atoms with Gasteiger partial charge in [0.25, 0.3) is 0 Å². The van der Waals surface area contributed by atoms with E-state index in [1.165, 1.54) is 24.3 Å². The van der Waals surface area contributed by atoms with Crippen LogP contribution in [0.1, 0.15) is 12.8 Å². The van der Waals surface area contributed by atoms with Crippen LogP contribution in [0.4, 0.5) is 10.1 Å². The first-order valence-electron chi connectivity index (χ1n) is 4.48. The molecular formula is C10H13FN2O. The maximum absolute atomic E-state index is 12.5. The second kappa shape index (κ2) is 5.34. The summed E-state index contributed by atoms with van der Waals surface area (Å²) in [6.45, 7) is 0.497. The van der Waals surface area contributed by atoms with E-state index in [0.717, 1.165) is 0 Å². The molecule has 0 radical (unpaired) electrons. The lowest BCUT2D eigenvalue weighted by Crippen LogP contribution is -2.13. The van der Waals surface area contributed by atoms with E-state index >= 15 is 0 Å². The van der Waals surface area contributed by atoms with Gasteiger partial charge in [0, 0.05) is 12.1 Å². The van der Waals surface area contributed by atoms with E-state index in [4.69, 9.17) is 5.73 Å². The smallest absolute Gasteiger partial charge is 0.224 e. The summed E-state index contributed by atoms with van der Waals surface area (Å²) < 4.78 is 12.5. The average molecular weight is 196 g/mol. The number of hydrogen-bond donors (Lipinski definition) is 2. The molecule has 0 aliphatic heterocycles. The molecule has 0 fully saturated rings. The van der Waals surface area contributed by atoms with Crippen molar-refractivity contribution < 1.29 is 9.18 Å². The molecule has 0 spiro atoms. The number of anilines is 1. The summed E-state index contributed by atoms with van der Waals surface area (Å²) in [5.41, 5.74) is 5.87. The zero-order chi connectivity index (χ0) is 10.4. The third kappa shape index (κ3) is 3.53. The quantitative estimate of drug-likeness (QED) is 0.766. The molecule has 0 aliphatic rings. The van der Waals surface area contributed by atoms with Crippen molar-refractivity contribution in [2.45, 2.75) is 12.8 Å². The third-order valence-electron chi connectivity index (χ3n) is 1.74. The van der Waals surface area contributed by atoms with Crippen molar-refractivity contribution in [1.29, 1.82) is 0 Å². The van der Waals surface area contributed by atoms with Crippen LogP contribution in [0.25, 0.3) is 0 Å².